The molecule has 5 heteroatoms. The molecule has 0 rings (SSSR count). The second-order valence-corrected chi connectivity index (χ2v) is 4.90. The lowest BCUT2D eigenvalue weighted by atomic mass is 10.2. The van der Waals surface area contributed by atoms with E-state index < -0.39 is 0 Å². The summed E-state index contributed by atoms with van der Waals surface area (Å²) in [5.74, 6) is 6.35. The van der Waals surface area contributed by atoms with Crippen molar-refractivity contribution in [2.75, 3.05) is 20.3 Å². The van der Waals surface area contributed by atoms with Gasteiger partial charge in [-0.3, -0.25) is 5.43 Å². The van der Waals surface area contributed by atoms with Gasteiger partial charge in [0.05, 0.1) is 12.6 Å². The van der Waals surface area contributed by atoms with Crippen LogP contribution in [0.3, 0.4) is 0 Å². The van der Waals surface area contributed by atoms with Gasteiger partial charge in [0.15, 0.2) is 0 Å². The molecule has 0 aliphatic rings. The average molecular weight is 258 g/mol. The second kappa shape index (κ2) is 10.1. The standard InChI is InChI=1S/C13H30N4O/c1-6-7-8-9-17(11(2)3)13(16-14)15-12(4)10-18-5/h11-12H,6-10,14H2,1-5H3,(H,15,16). The minimum absolute atomic E-state index is 0.105. The van der Waals surface area contributed by atoms with Gasteiger partial charge in [-0.25, -0.2) is 10.8 Å². The van der Waals surface area contributed by atoms with E-state index in [9.17, 15) is 0 Å². The molecule has 0 saturated carbocycles. The highest BCUT2D eigenvalue weighted by Gasteiger charge is 2.14. The van der Waals surface area contributed by atoms with Gasteiger partial charge in [0.1, 0.15) is 0 Å². The largest absolute Gasteiger partial charge is 0.382 e. The van der Waals surface area contributed by atoms with Crippen LogP contribution in [0.2, 0.25) is 0 Å². The normalized spacial score (nSPS) is 13.8. The summed E-state index contributed by atoms with van der Waals surface area (Å²) in [6, 6.07) is 0.486. The summed E-state index contributed by atoms with van der Waals surface area (Å²) in [6.07, 6.45) is 3.61. The van der Waals surface area contributed by atoms with Crippen molar-refractivity contribution in [1.82, 2.24) is 10.3 Å². The monoisotopic (exact) mass is 258 g/mol. The molecule has 0 aromatic rings. The van der Waals surface area contributed by atoms with E-state index in [1.807, 2.05) is 6.92 Å². The quantitative estimate of drug-likeness (QED) is 0.229. The van der Waals surface area contributed by atoms with Crippen molar-refractivity contribution in [3.63, 3.8) is 0 Å². The Kier molecular flexibility index (Phi) is 9.69. The average Bonchev–Trinajstić information content (AvgIpc) is 2.32. The number of nitrogens with one attached hydrogen (secondary N) is 1. The first-order valence-corrected chi connectivity index (χ1v) is 6.86. The fourth-order valence-electron chi connectivity index (χ4n) is 1.82. The number of nitrogens with zero attached hydrogens (tertiary/aromatic N) is 2. The van der Waals surface area contributed by atoms with Crippen molar-refractivity contribution in [1.29, 1.82) is 0 Å². The highest BCUT2D eigenvalue weighted by atomic mass is 16.5. The number of hydrazine groups is 1. The molecule has 0 aromatic carbocycles. The highest BCUT2D eigenvalue weighted by Crippen LogP contribution is 2.05. The highest BCUT2D eigenvalue weighted by molar-refractivity contribution is 5.79. The number of ether oxygens (including phenoxy) is 1. The Balaban J connectivity index is 4.60. The predicted molar refractivity (Wildman–Crippen MR) is 77.5 cm³/mol. The molecule has 0 saturated heterocycles. The van der Waals surface area contributed by atoms with Crippen molar-refractivity contribution in [2.24, 2.45) is 10.8 Å². The van der Waals surface area contributed by atoms with Gasteiger partial charge in [0.25, 0.3) is 0 Å². The molecule has 0 fully saturated rings. The van der Waals surface area contributed by atoms with Crippen LogP contribution in [-0.2, 0) is 4.74 Å². The van der Waals surface area contributed by atoms with Crippen LogP contribution >= 0.6 is 0 Å². The minimum atomic E-state index is 0.105. The summed E-state index contributed by atoms with van der Waals surface area (Å²) < 4.78 is 5.09. The molecule has 18 heavy (non-hydrogen) atoms. The van der Waals surface area contributed by atoms with Gasteiger partial charge in [-0.15, -0.1) is 0 Å². The van der Waals surface area contributed by atoms with Crippen LogP contribution in [0.1, 0.15) is 47.0 Å². The molecule has 0 aliphatic heterocycles. The molecule has 108 valence electrons. The number of unbranched alkanes of at least 4 members (excludes halogenated alkanes) is 2. The molecule has 0 amide bonds. The van der Waals surface area contributed by atoms with E-state index in [-0.39, 0.29) is 6.04 Å². The molecule has 1 unspecified atom stereocenters. The van der Waals surface area contributed by atoms with Crippen LogP contribution in [0.5, 0.6) is 0 Å². The van der Waals surface area contributed by atoms with E-state index in [1.165, 1.54) is 12.8 Å². The fraction of sp³-hybridized carbons (Fsp3) is 0.923. The lowest BCUT2D eigenvalue weighted by molar-refractivity contribution is 0.184. The predicted octanol–water partition coefficient (Wildman–Crippen LogP) is 1.74. The van der Waals surface area contributed by atoms with Crippen LogP contribution in [0.4, 0.5) is 0 Å². The molecule has 5 nitrogen and oxygen atoms in total. The number of hydrogen-bond acceptors (Lipinski definition) is 3. The summed E-state index contributed by atoms with van der Waals surface area (Å²) in [7, 11) is 1.68. The number of guanidine groups is 1. The Hall–Kier alpha value is -0.810. The first kappa shape index (κ1) is 17.2. The van der Waals surface area contributed by atoms with E-state index in [4.69, 9.17) is 10.6 Å². The first-order valence-electron chi connectivity index (χ1n) is 6.86. The van der Waals surface area contributed by atoms with Crippen LogP contribution in [0, 0.1) is 0 Å². The Morgan fingerprint density at radius 2 is 2.00 bits per heavy atom. The zero-order chi connectivity index (χ0) is 14.0. The van der Waals surface area contributed by atoms with Gasteiger partial charge < -0.3 is 9.64 Å². The Morgan fingerprint density at radius 3 is 2.44 bits per heavy atom. The molecule has 0 bridgehead atoms. The van der Waals surface area contributed by atoms with Gasteiger partial charge >= 0.3 is 0 Å². The second-order valence-electron chi connectivity index (χ2n) is 4.90. The van der Waals surface area contributed by atoms with Crippen molar-refractivity contribution < 1.29 is 4.74 Å². The maximum absolute atomic E-state index is 5.60. The van der Waals surface area contributed by atoms with Gasteiger partial charge in [0, 0.05) is 19.7 Å². The molecule has 0 radical (unpaired) electrons. The Labute approximate surface area is 112 Å². The van der Waals surface area contributed by atoms with Gasteiger partial charge in [-0.2, -0.15) is 0 Å². The maximum Gasteiger partial charge on any atom is 0.208 e. The van der Waals surface area contributed by atoms with E-state index in [2.05, 4.69) is 36.1 Å². The smallest absolute Gasteiger partial charge is 0.208 e. The lowest BCUT2D eigenvalue weighted by Gasteiger charge is -2.30. The Morgan fingerprint density at radius 1 is 1.33 bits per heavy atom. The topological polar surface area (TPSA) is 62.9 Å². The molecular weight excluding hydrogens is 228 g/mol. The minimum Gasteiger partial charge on any atom is -0.382 e. The van der Waals surface area contributed by atoms with Crippen LogP contribution < -0.4 is 11.3 Å². The first-order chi connectivity index (χ1) is 8.56. The lowest BCUT2D eigenvalue weighted by Crippen LogP contribution is -2.49. The number of nitrogens with two attached hydrogens (primary N) is 1. The zero-order valence-electron chi connectivity index (χ0n) is 12.6. The van der Waals surface area contributed by atoms with Crippen LogP contribution in [0.25, 0.3) is 0 Å². The van der Waals surface area contributed by atoms with E-state index in [0.29, 0.717) is 12.6 Å². The number of hydrogen-bond donors (Lipinski definition) is 2. The van der Waals surface area contributed by atoms with E-state index >= 15 is 0 Å². The van der Waals surface area contributed by atoms with Crippen molar-refractivity contribution in [3.8, 4) is 0 Å². The van der Waals surface area contributed by atoms with Gasteiger partial charge in [0.2, 0.25) is 5.96 Å². The summed E-state index contributed by atoms with van der Waals surface area (Å²) in [4.78, 5) is 6.78. The van der Waals surface area contributed by atoms with Crippen LogP contribution in [-0.4, -0.2) is 43.2 Å². The molecule has 0 heterocycles. The van der Waals surface area contributed by atoms with Crippen LogP contribution in [0.15, 0.2) is 4.99 Å². The van der Waals surface area contributed by atoms with Crippen molar-refractivity contribution >= 4 is 5.96 Å². The third kappa shape index (κ3) is 6.81. The number of rotatable bonds is 8. The van der Waals surface area contributed by atoms with E-state index in [1.54, 1.807) is 7.11 Å². The number of aliphatic imine (C=N–C) groups is 1. The molecule has 0 spiro atoms. The van der Waals surface area contributed by atoms with Gasteiger partial charge in [-0.05, 0) is 27.2 Å². The summed E-state index contributed by atoms with van der Waals surface area (Å²) >= 11 is 0. The molecule has 3 N–H and O–H groups in total. The molecule has 0 aromatic heterocycles. The summed E-state index contributed by atoms with van der Waals surface area (Å²) in [6.45, 7) is 10.1. The summed E-state index contributed by atoms with van der Waals surface area (Å²) in [5.41, 5.74) is 2.72. The Bertz CT molecular complexity index is 231. The molecule has 1 atom stereocenters. The SMILES string of the molecule is CCCCCN(C(=NC(C)COC)NN)C(C)C. The maximum atomic E-state index is 5.60. The van der Waals surface area contributed by atoms with Gasteiger partial charge in [-0.1, -0.05) is 19.8 Å². The zero-order valence-corrected chi connectivity index (χ0v) is 12.6. The molecule has 0 aliphatic carbocycles. The third-order valence-corrected chi connectivity index (χ3v) is 2.78. The molecular formula is C13H30N4O. The van der Waals surface area contributed by atoms with Crippen molar-refractivity contribution in [3.05, 3.63) is 0 Å². The van der Waals surface area contributed by atoms with E-state index in [0.717, 1.165) is 18.9 Å². The fourth-order valence-corrected chi connectivity index (χ4v) is 1.82. The summed E-state index contributed by atoms with van der Waals surface area (Å²) in [5, 5.41) is 0. The third-order valence-electron chi connectivity index (χ3n) is 2.78. The van der Waals surface area contributed by atoms with Crippen molar-refractivity contribution in [2.45, 2.75) is 59.0 Å². The number of methoxy groups -OCH3 is 1.